The molecule has 0 saturated carbocycles. The monoisotopic (exact) mass is 192 g/mol. The third-order valence-corrected chi connectivity index (χ3v) is 4.08. The van der Waals surface area contributed by atoms with E-state index < -0.39 is 0 Å². The molecular weight excluding hydrogens is 176 g/mol. The van der Waals surface area contributed by atoms with Gasteiger partial charge in [0.1, 0.15) is 0 Å². The van der Waals surface area contributed by atoms with Gasteiger partial charge in [0.05, 0.1) is 0 Å². The predicted molar refractivity (Wildman–Crippen MR) is 60.5 cm³/mol. The molecule has 70 valence electrons. The number of thioether (sulfide) groups is 1. The lowest BCUT2D eigenvalue weighted by atomic mass is 9.88. The normalized spacial score (nSPS) is 21.2. The maximum Gasteiger partial charge on any atom is 0.00880 e. The summed E-state index contributed by atoms with van der Waals surface area (Å²) in [6, 6.07) is 6.72. The first-order valence-electron chi connectivity index (χ1n) is 4.91. The van der Waals surface area contributed by atoms with Gasteiger partial charge in [-0.1, -0.05) is 18.2 Å². The van der Waals surface area contributed by atoms with Crippen LogP contribution in [0.15, 0.2) is 18.2 Å². The van der Waals surface area contributed by atoms with Crippen LogP contribution in [0.1, 0.15) is 23.1 Å². The molecule has 13 heavy (non-hydrogen) atoms. The second-order valence-electron chi connectivity index (χ2n) is 3.81. The highest BCUT2D eigenvalue weighted by Gasteiger charge is 2.18. The first-order chi connectivity index (χ1) is 6.31. The van der Waals surface area contributed by atoms with Gasteiger partial charge in [0.15, 0.2) is 0 Å². The Balaban J connectivity index is 2.32. The predicted octanol–water partition coefficient (Wildman–Crippen LogP) is 3.22. The van der Waals surface area contributed by atoms with Gasteiger partial charge in [0.2, 0.25) is 0 Å². The zero-order chi connectivity index (χ0) is 9.26. The lowest BCUT2D eigenvalue weighted by Gasteiger charge is -2.24. The molecular formula is C12H16S. The molecule has 1 aromatic carbocycles. The molecule has 2 rings (SSSR count). The molecule has 1 heteroatoms. The van der Waals surface area contributed by atoms with Crippen LogP contribution in [0.4, 0.5) is 0 Å². The van der Waals surface area contributed by atoms with E-state index in [0.29, 0.717) is 0 Å². The molecule has 1 unspecified atom stereocenters. The maximum absolute atomic E-state index is 2.29. The molecule has 0 aliphatic heterocycles. The Bertz CT molecular complexity index is 304. The quantitative estimate of drug-likeness (QED) is 0.658. The average molecular weight is 192 g/mol. The topological polar surface area (TPSA) is 0 Å². The van der Waals surface area contributed by atoms with Gasteiger partial charge in [0, 0.05) is 5.25 Å². The Morgan fingerprint density at radius 2 is 2.23 bits per heavy atom. The second-order valence-corrected chi connectivity index (χ2v) is 4.95. The van der Waals surface area contributed by atoms with E-state index in [1.54, 1.807) is 11.1 Å². The molecule has 0 heterocycles. The number of aryl methyl sites for hydroxylation is 2. The standard InChI is InChI=1S/C12H16S/c1-9-4-3-5-10-6-7-11(13-2)8-12(9)10/h3-5,11H,6-8H2,1-2H3. The minimum Gasteiger partial charge on any atom is -0.162 e. The van der Waals surface area contributed by atoms with Gasteiger partial charge in [0.25, 0.3) is 0 Å². The number of rotatable bonds is 1. The Kier molecular flexibility index (Phi) is 2.63. The molecule has 1 aliphatic carbocycles. The van der Waals surface area contributed by atoms with Crippen molar-refractivity contribution in [3.8, 4) is 0 Å². The molecule has 0 bridgehead atoms. The first-order valence-corrected chi connectivity index (χ1v) is 6.20. The largest absolute Gasteiger partial charge is 0.162 e. The summed E-state index contributed by atoms with van der Waals surface area (Å²) < 4.78 is 0. The smallest absolute Gasteiger partial charge is 0.00880 e. The zero-order valence-electron chi connectivity index (χ0n) is 8.34. The third kappa shape index (κ3) is 1.76. The number of benzene rings is 1. The van der Waals surface area contributed by atoms with Crippen LogP contribution in [0, 0.1) is 6.92 Å². The van der Waals surface area contributed by atoms with Crippen LogP contribution in [0.5, 0.6) is 0 Å². The van der Waals surface area contributed by atoms with Gasteiger partial charge in [-0.15, -0.1) is 0 Å². The van der Waals surface area contributed by atoms with Crippen molar-refractivity contribution in [2.24, 2.45) is 0 Å². The van der Waals surface area contributed by atoms with E-state index in [4.69, 9.17) is 0 Å². The highest BCUT2D eigenvalue weighted by atomic mass is 32.2. The van der Waals surface area contributed by atoms with Crippen molar-refractivity contribution >= 4 is 11.8 Å². The minimum atomic E-state index is 0.855. The molecule has 0 fully saturated rings. The van der Waals surface area contributed by atoms with E-state index in [9.17, 15) is 0 Å². The highest BCUT2D eigenvalue weighted by molar-refractivity contribution is 7.99. The fourth-order valence-electron chi connectivity index (χ4n) is 2.14. The van der Waals surface area contributed by atoms with Crippen LogP contribution in [0.3, 0.4) is 0 Å². The minimum absolute atomic E-state index is 0.855. The summed E-state index contributed by atoms with van der Waals surface area (Å²) in [6.45, 7) is 2.24. The fourth-order valence-corrected chi connectivity index (χ4v) is 2.82. The van der Waals surface area contributed by atoms with Crippen LogP contribution in [0.2, 0.25) is 0 Å². The fraction of sp³-hybridized carbons (Fsp3) is 0.500. The third-order valence-electron chi connectivity index (χ3n) is 3.01. The molecule has 1 aliphatic rings. The van der Waals surface area contributed by atoms with Gasteiger partial charge >= 0.3 is 0 Å². The van der Waals surface area contributed by atoms with Crippen molar-refractivity contribution in [1.82, 2.24) is 0 Å². The Hall–Kier alpha value is -0.430. The summed E-state index contributed by atoms with van der Waals surface area (Å²) in [5.41, 5.74) is 4.69. The van der Waals surface area contributed by atoms with Gasteiger partial charge in [-0.2, -0.15) is 11.8 Å². The summed E-state index contributed by atoms with van der Waals surface area (Å²) in [6.07, 6.45) is 6.15. The van der Waals surface area contributed by atoms with Crippen molar-refractivity contribution in [3.05, 3.63) is 34.9 Å². The Morgan fingerprint density at radius 1 is 1.38 bits per heavy atom. The zero-order valence-corrected chi connectivity index (χ0v) is 9.16. The molecule has 0 saturated heterocycles. The van der Waals surface area contributed by atoms with E-state index >= 15 is 0 Å². The number of fused-ring (bicyclic) bond motifs is 1. The van der Waals surface area contributed by atoms with Crippen LogP contribution in [-0.2, 0) is 12.8 Å². The van der Waals surface area contributed by atoms with Crippen molar-refractivity contribution < 1.29 is 0 Å². The average Bonchev–Trinajstić information content (AvgIpc) is 2.18. The van der Waals surface area contributed by atoms with Crippen molar-refractivity contribution in [1.29, 1.82) is 0 Å². The molecule has 1 atom stereocenters. The van der Waals surface area contributed by atoms with Crippen LogP contribution in [-0.4, -0.2) is 11.5 Å². The van der Waals surface area contributed by atoms with Crippen LogP contribution < -0.4 is 0 Å². The van der Waals surface area contributed by atoms with E-state index in [-0.39, 0.29) is 0 Å². The molecule has 0 amide bonds. The first kappa shape index (κ1) is 9.14. The lowest BCUT2D eigenvalue weighted by Crippen LogP contribution is -2.16. The molecule has 0 N–H and O–H groups in total. The highest BCUT2D eigenvalue weighted by Crippen LogP contribution is 2.29. The van der Waals surface area contributed by atoms with Crippen LogP contribution in [0.25, 0.3) is 0 Å². The molecule has 0 aromatic heterocycles. The second kappa shape index (κ2) is 3.75. The summed E-state index contributed by atoms with van der Waals surface area (Å²) in [4.78, 5) is 0. The summed E-state index contributed by atoms with van der Waals surface area (Å²) in [7, 11) is 0. The molecule has 0 radical (unpaired) electrons. The Labute approximate surface area is 84.7 Å². The van der Waals surface area contributed by atoms with E-state index in [1.165, 1.54) is 24.8 Å². The van der Waals surface area contributed by atoms with E-state index in [1.807, 2.05) is 11.8 Å². The van der Waals surface area contributed by atoms with E-state index in [0.717, 1.165) is 5.25 Å². The molecule has 0 nitrogen and oxygen atoms in total. The van der Waals surface area contributed by atoms with E-state index in [2.05, 4.69) is 31.4 Å². The lowest BCUT2D eigenvalue weighted by molar-refractivity contribution is 0.700. The van der Waals surface area contributed by atoms with Crippen LogP contribution >= 0.6 is 11.8 Å². The summed E-state index contributed by atoms with van der Waals surface area (Å²) >= 11 is 2.02. The van der Waals surface area contributed by atoms with Gasteiger partial charge in [-0.05, 0) is 49.1 Å². The number of hydrogen-bond acceptors (Lipinski definition) is 1. The van der Waals surface area contributed by atoms with Gasteiger partial charge in [-0.3, -0.25) is 0 Å². The maximum atomic E-state index is 2.29. The van der Waals surface area contributed by atoms with Gasteiger partial charge < -0.3 is 0 Å². The van der Waals surface area contributed by atoms with Gasteiger partial charge in [-0.25, -0.2) is 0 Å². The summed E-state index contributed by atoms with van der Waals surface area (Å²) in [5, 5.41) is 0.855. The summed E-state index contributed by atoms with van der Waals surface area (Å²) in [5.74, 6) is 0. The molecule has 1 aromatic rings. The number of hydrogen-bond donors (Lipinski definition) is 0. The molecule has 0 spiro atoms. The Morgan fingerprint density at radius 3 is 3.00 bits per heavy atom. The van der Waals surface area contributed by atoms with Crippen molar-refractivity contribution in [2.45, 2.75) is 31.4 Å². The SMILES string of the molecule is CSC1CCc2cccc(C)c2C1. The van der Waals surface area contributed by atoms with Crippen molar-refractivity contribution in [3.63, 3.8) is 0 Å². The van der Waals surface area contributed by atoms with Crippen molar-refractivity contribution in [2.75, 3.05) is 6.26 Å².